The minimum Gasteiger partial charge on any atom is -0.354 e. The van der Waals surface area contributed by atoms with E-state index in [9.17, 15) is 19.2 Å². The normalized spacial score (nSPS) is 11.3. The molecule has 11 aromatic heterocycles. The number of carbonyl (C=O) groups is 4. The standard InChI is InChI=1S/C26H26N6O.C19H15ClN6O.C19H16N6O.C19H17N5O/c1-7-26(3,4)18-8-10-27-21(15-18)20-9-11-28-25(31-20)29-19-12-16(2)23-17(13-19)14-22(30-23)24(33)32(5)6;1-21-18(27)16-9-11-8-12(10-13(20)17(11)25-16)24-19-23-7-5-15(26-19)14-4-2-3-6-22-14;1-20-18(26)17-11-12-10-13(5-6-14(12)24-17)23-19-22-9-7-16(25-19)15-4-2-3-8-21-15;1-13(25)24-11-8-14-12-15(5-6-18(14)24)22-19-21-10-7-17(23-19)16-4-2-3-9-20-16/h1,8-15,30H,2-6H3,(H,28,29,31);2-10,25H,1H3,(H,21,27)(H,23,24,26);2-11,24H,1H3,(H,20,26)(H,22,23,25);2-7,9-10,12H,8,11H2,1H3,(H,21,22,23). The maximum absolute atomic E-state index is 12.3. The minimum atomic E-state index is -0.401. The van der Waals surface area contributed by atoms with Gasteiger partial charge in [-0.2, -0.15) is 0 Å². The predicted octanol–water partition coefficient (Wildman–Crippen LogP) is 14.8. The Bertz CT molecular complexity index is 5970. The van der Waals surface area contributed by atoms with Crippen LogP contribution in [-0.2, 0) is 16.6 Å². The largest absolute Gasteiger partial charge is 0.354 e. The molecule has 111 heavy (non-hydrogen) atoms. The molecule has 28 heteroatoms. The van der Waals surface area contributed by atoms with E-state index in [4.69, 9.17) is 18.0 Å². The summed E-state index contributed by atoms with van der Waals surface area (Å²) in [5.41, 5.74) is 17.1. The summed E-state index contributed by atoms with van der Waals surface area (Å²) in [5.74, 6) is 4.34. The molecular weight excluding hydrogens is 1420 g/mol. The fraction of sp³-hybridized carbons (Fsp3) is 0.133. The van der Waals surface area contributed by atoms with Gasteiger partial charge in [-0.15, -0.1) is 6.42 Å². The summed E-state index contributed by atoms with van der Waals surface area (Å²) in [5, 5.41) is 21.2. The van der Waals surface area contributed by atoms with E-state index in [0.29, 0.717) is 68.5 Å². The van der Waals surface area contributed by atoms with Crippen LogP contribution >= 0.6 is 11.6 Å². The molecule has 0 saturated heterocycles. The van der Waals surface area contributed by atoms with Crippen LogP contribution in [0.2, 0.25) is 5.02 Å². The zero-order chi connectivity index (χ0) is 77.7. The summed E-state index contributed by atoms with van der Waals surface area (Å²) in [6.07, 6.45) is 20.3. The first-order chi connectivity index (χ1) is 53.7. The molecule has 0 radical (unpaired) electrons. The number of carbonyl (C=O) groups excluding carboxylic acids is 4. The van der Waals surface area contributed by atoms with Crippen molar-refractivity contribution in [2.75, 3.05) is 60.9 Å². The zero-order valence-electron chi connectivity index (χ0n) is 61.5. The third-order valence-electron chi connectivity index (χ3n) is 17.7. The Morgan fingerprint density at radius 1 is 0.477 bits per heavy atom. The van der Waals surface area contributed by atoms with Crippen molar-refractivity contribution in [1.29, 1.82) is 0 Å². The SMILES string of the molecule is C#CC(C)(C)c1ccnc(-c2ccnc(Nc3cc(C)c4[nH]c(C(=O)N(C)C)cc4c3)n2)c1.CC(=O)N1CCc2cc(Nc3nccc(-c4ccccn4)n3)ccc21.CNC(=O)c1cc2cc(Nc3nccc(-c4ccccn4)n3)cc(Cl)c2[nH]1.CNC(=O)c1cc2cc(Nc3nccc(-c4ccccn4)n3)ccc2[nH]1. The van der Waals surface area contributed by atoms with Crippen molar-refractivity contribution in [3.63, 3.8) is 0 Å². The number of hydrogen-bond acceptors (Lipinski definition) is 20. The summed E-state index contributed by atoms with van der Waals surface area (Å²) < 4.78 is 0. The first-order valence-electron chi connectivity index (χ1n) is 35.0. The number of pyridine rings is 4. The number of amides is 4. The van der Waals surface area contributed by atoms with Crippen LogP contribution in [0, 0.1) is 19.3 Å². The number of aryl methyl sites for hydroxylation is 1. The molecule has 1 aliphatic heterocycles. The van der Waals surface area contributed by atoms with Crippen LogP contribution in [0.15, 0.2) is 219 Å². The van der Waals surface area contributed by atoms with Gasteiger partial charge >= 0.3 is 0 Å². The van der Waals surface area contributed by atoms with E-state index in [-0.39, 0.29) is 23.6 Å². The molecule has 0 atom stereocenters. The molecule has 552 valence electrons. The molecule has 9 N–H and O–H groups in total. The van der Waals surface area contributed by atoms with Gasteiger partial charge in [0, 0.05) is 147 Å². The number of fused-ring (bicyclic) bond motifs is 4. The second-order valence-electron chi connectivity index (χ2n) is 26.1. The van der Waals surface area contributed by atoms with E-state index in [1.165, 1.54) is 0 Å². The Balaban J connectivity index is 0.000000131. The van der Waals surface area contributed by atoms with E-state index in [0.717, 1.165) is 114 Å². The number of H-pyrrole nitrogens is 3. The second kappa shape index (κ2) is 33.4. The summed E-state index contributed by atoms with van der Waals surface area (Å²) >= 11 is 6.36. The molecular formula is C83H74ClN23O4. The van der Waals surface area contributed by atoms with Crippen molar-refractivity contribution in [2.24, 2.45) is 0 Å². The number of nitrogens with zero attached hydrogens (tertiary/aromatic N) is 14. The summed E-state index contributed by atoms with van der Waals surface area (Å²) in [7, 11) is 6.65. The number of aromatic amines is 3. The molecule has 0 fully saturated rings. The van der Waals surface area contributed by atoms with Crippen molar-refractivity contribution in [1.82, 2.24) is 90.3 Å². The fourth-order valence-electron chi connectivity index (χ4n) is 12.0. The van der Waals surface area contributed by atoms with Gasteiger partial charge in [0.05, 0.1) is 61.5 Å². The van der Waals surface area contributed by atoms with Crippen LogP contribution in [0.3, 0.4) is 0 Å². The van der Waals surface area contributed by atoms with Gasteiger partial charge in [0.25, 0.3) is 17.7 Å². The highest BCUT2D eigenvalue weighted by Crippen LogP contribution is 2.34. The molecule has 16 rings (SSSR count). The van der Waals surface area contributed by atoms with Gasteiger partial charge in [-0.25, -0.2) is 39.9 Å². The molecule has 27 nitrogen and oxygen atoms in total. The molecule has 0 saturated carbocycles. The maximum Gasteiger partial charge on any atom is 0.269 e. The van der Waals surface area contributed by atoms with Crippen molar-refractivity contribution in [3.05, 3.63) is 258 Å². The topological polar surface area (TPSA) is 349 Å². The number of hydrogen-bond donors (Lipinski definition) is 9. The lowest BCUT2D eigenvalue weighted by Gasteiger charge is -2.18. The average Bonchev–Trinajstić information content (AvgIpc) is 1.76. The van der Waals surface area contributed by atoms with Gasteiger partial charge in [0.2, 0.25) is 29.7 Å². The fourth-order valence-corrected chi connectivity index (χ4v) is 12.3. The zero-order valence-corrected chi connectivity index (χ0v) is 62.3. The van der Waals surface area contributed by atoms with Crippen molar-refractivity contribution >= 4 is 120 Å². The van der Waals surface area contributed by atoms with Crippen LogP contribution < -0.4 is 36.8 Å². The van der Waals surface area contributed by atoms with Gasteiger partial charge in [-0.05, 0) is 196 Å². The van der Waals surface area contributed by atoms with Gasteiger partial charge < -0.3 is 56.7 Å². The van der Waals surface area contributed by atoms with Crippen molar-refractivity contribution < 1.29 is 19.2 Å². The highest BCUT2D eigenvalue weighted by atomic mass is 35.5. The Kier molecular flexibility index (Phi) is 22.5. The first kappa shape index (κ1) is 74.6. The van der Waals surface area contributed by atoms with Crippen LogP contribution in [0.25, 0.3) is 78.3 Å². The van der Waals surface area contributed by atoms with Crippen LogP contribution in [0.4, 0.5) is 52.2 Å². The molecule has 4 aromatic carbocycles. The number of terminal acetylenes is 1. The predicted molar refractivity (Wildman–Crippen MR) is 434 cm³/mol. The van der Waals surface area contributed by atoms with Gasteiger partial charge in [-0.3, -0.25) is 39.1 Å². The van der Waals surface area contributed by atoms with Crippen LogP contribution in [0.5, 0.6) is 0 Å². The number of halogens is 1. The quantitative estimate of drug-likeness (QED) is 0.0406. The number of benzene rings is 4. The molecule has 4 amide bonds. The van der Waals surface area contributed by atoms with Crippen molar-refractivity contribution in [3.8, 4) is 57.9 Å². The average molecular weight is 1490 g/mol. The Labute approximate surface area is 642 Å². The Morgan fingerprint density at radius 2 is 0.928 bits per heavy atom. The van der Waals surface area contributed by atoms with Gasteiger partial charge in [0.1, 0.15) is 17.1 Å². The van der Waals surface area contributed by atoms with Crippen molar-refractivity contribution in [2.45, 2.75) is 39.5 Å². The van der Waals surface area contributed by atoms with Crippen LogP contribution in [0.1, 0.15) is 68.9 Å². The summed E-state index contributed by atoms with van der Waals surface area (Å²) in [4.78, 5) is 113. The van der Waals surface area contributed by atoms with E-state index in [2.05, 4.69) is 119 Å². The smallest absolute Gasteiger partial charge is 0.269 e. The lowest BCUT2D eigenvalue weighted by Crippen LogP contribution is -2.25. The monoisotopic (exact) mass is 1490 g/mol. The maximum atomic E-state index is 12.3. The lowest BCUT2D eigenvalue weighted by atomic mass is 9.86. The van der Waals surface area contributed by atoms with Crippen LogP contribution in [-0.4, -0.2) is 138 Å². The molecule has 0 spiro atoms. The lowest BCUT2D eigenvalue weighted by molar-refractivity contribution is -0.116. The molecule has 1 aliphatic rings. The minimum absolute atomic E-state index is 0.0705. The van der Waals surface area contributed by atoms with E-state index >= 15 is 0 Å². The highest BCUT2D eigenvalue weighted by Gasteiger charge is 2.24. The van der Waals surface area contributed by atoms with E-state index in [1.807, 2.05) is 166 Å². The Morgan fingerprint density at radius 3 is 1.44 bits per heavy atom. The third kappa shape index (κ3) is 17.9. The van der Waals surface area contributed by atoms with Gasteiger partial charge in [-0.1, -0.05) is 35.7 Å². The highest BCUT2D eigenvalue weighted by molar-refractivity contribution is 6.35. The number of anilines is 9. The summed E-state index contributed by atoms with van der Waals surface area (Å²) in [6.45, 7) is 8.32. The number of nitrogens with one attached hydrogen (secondary N) is 9. The molecule has 15 aromatic rings. The molecule has 0 aliphatic carbocycles. The molecule has 12 heterocycles. The first-order valence-corrected chi connectivity index (χ1v) is 35.4. The number of rotatable bonds is 16. The molecule has 0 bridgehead atoms. The van der Waals surface area contributed by atoms with Gasteiger partial charge in [0.15, 0.2) is 0 Å². The Hall–Kier alpha value is -14.7. The van der Waals surface area contributed by atoms with E-state index in [1.54, 1.807) is 113 Å². The summed E-state index contributed by atoms with van der Waals surface area (Å²) in [6, 6.07) is 52.9. The number of aromatic nitrogens is 15. The second-order valence-corrected chi connectivity index (χ2v) is 26.5. The van der Waals surface area contributed by atoms with E-state index < -0.39 is 5.41 Å². The third-order valence-corrected chi connectivity index (χ3v) is 18.0. The molecule has 0 unspecified atom stereocenters.